The van der Waals surface area contributed by atoms with E-state index in [1.54, 1.807) is 27.4 Å². The lowest BCUT2D eigenvalue weighted by molar-refractivity contribution is -0.131. The summed E-state index contributed by atoms with van der Waals surface area (Å²) in [7, 11) is -3.44. The van der Waals surface area contributed by atoms with E-state index < -0.39 is 10.0 Å². The van der Waals surface area contributed by atoms with E-state index in [0.717, 1.165) is 36.8 Å². The molecule has 3 rings (SSSR count). The van der Waals surface area contributed by atoms with Crippen molar-refractivity contribution in [1.82, 2.24) is 9.21 Å². The van der Waals surface area contributed by atoms with E-state index in [0.29, 0.717) is 43.9 Å². The van der Waals surface area contributed by atoms with Crippen LogP contribution in [0.25, 0.3) is 0 Å². The smallest absolute Gasteiger partial charge is 0.243 e. The van der Waals surface area contributed by atoms with Crippen LogP contribution < -0.4 is 0 Å². The molecule has 0 aromatic heterocycles. The summed E-state index contributed by atoms with van der Waals surface area (Å²) in [5.41, 5.74) is 2.04. The molecule has 2 aromatic rings. The summed E-state index contributed by atoms with van der Waals surface area (Å²) in [4.78, 5) is 14.9. The van der Waals surface area contributed by atoms with Gasteiger partial charge in [0.25, 0.3) is 0 Å². The van der Waals surface area contributed by atoms with Crippen molar-refractivity contribution in [2.75, 3.05) is 19.6 Å². The normalized spacial score (nSPS) is 15.2. The molecule has 2 aromatic carbocycles. The van der Waals surface area contributed by atoms with Gasteiger partial charge in [-0.1, -0.05) is 61.4 Å². The highest BCUT2D eigenvalue weighted by molar-refractivity contribution is 7.89. The summed E-state index contributed by atoms with van der Waals surface area (Å²) in [5.74, 6) is 0.0602. The molecule has 1 amide bonds. The molecule has 0 unspecified atom stereocenters. The fourth-order valence-electron chi connectivity index (χ4n) is 3.88. The molecule has 166 valence electrons. The molecule has 1 fully saturated rings. The fraction of sp³-hybridized carbons (Fsp3) is 0.400. The zero-order valence-electron chi connectivity index (χ0n) is 18.1. The first-order valence-electron chi connectivity index (χ1n) is 11.0. The minimum Gasteiger partial charge on any atom is -0.335 e. The first kappa shape index (κ1) is 23.2. The van der Waals surface area contributed by atoms with Gasteiger partial charge in [-0.15, -0.1) is 6.58 Å². The second-order valence-electron chi connectivity index (χ2n) is 8.01. The zero-order valence-corrected chi connectivity index (χ0v) is 18.9. The van der Waals surface area contributed by atoms with Crippen LogP contribution in [0.1, 0.15) is 43.2 Å². The van der Waals surface area contributed by atoms with Crippen molar-refractivity contribution in [2.45, 2.75) is 50.0 Å². The highest BCUT2D eigenvalue weighted by Gasteiger charge is 2.25. The maximum atomic E-state index is 12.9. The Labute approximate surface area is 186 Å². The average Bonchev–Trinajstić information content (AvgIpc) is 3.08. The fourth-order valence-corrected chi connectivity index (χ4v) is 5.40. The quantitative estimate of drug-likeness (QED) is 0.543. The number of hydrogen-bond donors (Lipinski definition) is 0. The molecule has 1 saturated heterocycles. The van der Waals surface area contributed by atoms with Gasteiger partial charge in [-0.25, -0.2) is 8.42 Å². The van der Waals surface area contributed by atoms with Crippen LogP contribution in [0.3, 0.4) is 0 Å². The molecular weight excluding hydrogens is 408 g/mol. The van der Waals surface area contributed by atoms with Crippen molar-refractivity contribution >= 4 is 15.9 Å². The van der Waals surface area contributed by atoms with Crippen molar-refractivity contribution in [3.63, 3.8) is 0 Å². The number of amides is 1. The van der Waals surface area contributed by atoms with Gasteiger partial charge in [-0.2, -0.15) is 4.31 Å². The maximum Gasteiger partial charge on any atom is 0.243 e. The number of aryl methyl sites for hydroxylation is 1. The third kappa shape index (κ3) is 6.52. The highest BCUT2D eigenvalue weighted by Crippen LogP contribution is 2.21. The molecule has 0 aliphatic carbocycles. The molecule has 0 atom stereocenters. The van der Waals surface area contributed by atoms with E-state index in [9.17, 15) is 13.2 Å². The average molecular weight is 441 g/mol. The predicted molar refractivity (Wildman–Crippen MR) is 124 cm³/mol. The number of hydrogen-bond acceptors (Lipinski definition) is 3. The Hall–Kier alpha value is -2.44. The number of benzene rings is 2. The van der Waals surface area contributed by atoms with Gasteiger partial charge in [0.2, 0.25) is 15.9 Å². The summed E-state index contributed by atoms with van der Waals surface area (Å²) in [6.45, 7) is 6.01. The summed E-state index contributed by atoms with van der Waals surface area (Å²) < 4.78 is 27.4. The van der Waals surface area contributed by atoms with Crippen molar-refractivity contribution in [3.05, 3.63) is 78.4 Å². The van der Waals surface area contributed by atoms with Gasteiger partial charge in [-0.05, 0) is 42.5 Å². The number of carbonyl (C=O) groups excluding carboxylic acids is 1. The third-order valence-electron chi connectivity index (χ3n) is 5.67. The maximum absolute atomic E-state index is 12.9. The van der Waals surface area contributed by atoms with E-state index in [1.165, 1.54) is 0 Å². The van der Waals surface area contributed by atoms with Gasteiger partial charge in [0, 0.05) is 32.6 Å². The van der Waals surface area contributed by atoms with E-state index in [-0.39, 0.29) is 5.91 Å². The molecule has 0 radical (unpaired) electrons. The van der Waals surface area contributed by atoms with Crippen LogP contribution >= 0.6 is 0 Å². The standard InChI is InChI=1S/C25H32N2O3S/c1-2-18-26(21-23-10-6-5-7-11-23)25(28)17-14-22-12-15-24(16-13-22)31(29,30)27-19-8-3-4-9-20-27/h2,5-7,10-13,15-16H,1,3-4,8-9,14,17-21H2. The summed E-state index contributed by atoms with van der Waals surface area (Å²) in [5, 5.41) is 0. The molecule has 0 spiro atoms. The lowest BCUT2D eigenvalue weighted by Gasteiger charge is -2.21. The summed E-state index contributed by atoms with van der Waals surface area (Å²) in [6, 6.07) is 16.9. The topological polar surface area (TPSA) is 57.7 Å². The lowest BCUT2D eigenvalue weighted by atomic mass is 10.1. The molecule has 31 heavy (non-hydrogen) atoms. The zero-order chi connectivity index (χ0) is 22.1. The second-order valence-corrected chi connectivity index (χ2v) is 9.95. The van der Waals surface area contributed by atoms with Crippen LogP contribution in [0.15, 0.2) is 72.1 Å². The van der Waals surface area contributed by atoms with Crippen LogP contribution in [0.5, 0.6) is 0 Å². The van der Waals surface area contributed by atoms with Gasteiger partial charge >= 0.3 is 0 Å². The van der Waals surface area contributed by atoms with Crippen molar-refractivity contribution in [2.24, 2.45) is 0 Å². The molecule has 0 saturated carbocycles. The van der Waals surface area contributed by atoms with Gasteiger partial charge in [-0.3, -0.25) is 4.79 Å². The Morgan fingerprint density at radius 3 is 2.19 bits per heavy atom. The Kier molecular flexibility index (Phi) is 8.43. The van der Waals surface area contributed by atoms with Crippen LogP contribution in [0.4, 0.5) is 0 Å². The van der Waals surface area contributed by atoms with Crippen LogP contribution in [-0.2, 0) is 27.8 Å². The summed E-state index contributed by atoms with van der Waals surface area (Å²) in [6.07, 6.45) is 6.71. The Morgan fingerprint density at radius 2 is 1.58 bits per heavy atom. The lowest BCUT2D eigenvalue weighted by Crippen LogP contribution is -2.32. The molecule has 1 aliphatic rings. The second kappa shape index (κ2) is 11.3. The molecule has 1 heterocycles. The Bertz CT molecular complexity index is 948. The first-order chi connectivity index (χ1) is 15.0. The minimum atomic E-state index is -3.44. The minimum absolute atomic E-state index is 0.0602. The number of rotatable bonds is 9. The van der Waals surface area contributed by atoms with E-state index >= 15 is 0 Å². The van der Waals surface area contributed by atoms with Gasteiger partial charge in [0.05, 0.1) is 4.90 Å². The monoisotopic (exact) mass is 440 g/mol. The number of sulfonamides is 1. The number of carbonyl (C=O) groups is 1. The molecule has 0 bridgehead atoms. The first-order valence-corrected chi connectivity index (χ1v) is 12.5. The SMILES string of the molecule is C=CCN(Cc1ccccc1)C(=O)CCc1ccc(S(=O)(=O)N2CCCCCC2)cc1. The van der Waals surface area contributed by atoms with Crippen molar-refractivity contribution < 1.29 is 13.2 Å². The Morgan fingerprint density at radius 1 is 0.935 bits per heavy atom. The third-order valence-corrected chi connectivity index (χ3v) is 7.59. The van der Waals surface area contributed by atoms with Crippen molar-refractivity contribution in [1.29, 1.82) is 0 Å². The molecule has 6 heteroatoms. The van der Waals surface area contributed by atoms with Gasteiger partial charge in [0.15, 0.2) is 0 Å². The van der Waals surface area contributed by atoms with Gasteiger partial charge < -0.3 is 4.90 Å². The van der Waals surface area contributed by atoms with E-state index in [4.69, 9.17) is 0 Å². The number of nitrogens with zero attached hydrogens (tertiary/aromatic N) is 2. The predicted octanol–water partition coefficient (Wildman–Crippen LogP) is 4.40. The molecule has 1 aliphatic heterocycles. The van der Waals surface area contributed by atoms with E-state index in [2.05, 4.69) is 6.58 Å². The molecule has 0 N–H and O–H groups in total. The molecule has 5 nitrogen and oxygen atoms in total. The largest absolute Gasteiger partial charge is 0.335 e. The van der Waals surface area contributed by atoms with Crippen LogP contribution in [-0.4, -0.2) is 43.2 Å². The van der Waals surface area contributed by atoms with Crippen LogP contribution in [0.2, 0.25) is 0 Å². The molecular formula is C25H32N2O3S. The summed E-state index contributed by atoms with van der Waals surface area (Å²) >= 11 is 0. The highest BCUT2D eigenvalue weighted by atomic mass is 32.2. The van der Waals surface area contributed by atoms with Crippen molar-refractivity contribution in [3.8, 4) is 0 Å². The van der Waals surface area contributed by atoms with Gasteiger partial charge in [0.1, 0.15) is 0 Å². The van der Waals surface area contributed by atoms with E-state index in [1.807, 2.05) is 42.5 Å². The van der Waals surface area contributed by atoms with Crippen LogP contribution in [0, 0.1) is 0 Å². The Balaban J connectivity index is 1.59.